The molecule has 1 N–H and O–H groups in total. The number of carbonyl (C=O) groups excluding carboxylic acids is 1. The van der Waals surface area contributed by atoms with E-state index in [9.17, 15) is 9.59 Å². The molecule has 0 bridgehead atoms. The van der Waals surface area contributed by atoms with E-state index in [4.69, 9.17) is 9.84 Å². The van der Waals surface area contributed by atoms with E-state index >= 15 is 0 Å². The van der Waals surface area contributed by atoms with Gasteiger partial charge >= 0.3 is 12.0 Å². The summed E-state index contributed by atoms with van der Waals surface area (Å²) in [5.41, 5.74) is 0. The molecule has 6 nitrogen and oxygen atoms in total. The van der Waals surface area contributed by atoms with Crippen LogP contribution in [0.4, 0.5) is 4.79 Å². The van der Waals surface area contributed by atoms with Gasteiger partial charge in [0.2, 0.25) is 0 Å². The minimum Gasteiger partial charge on any atom is -0.481 e. The van der Waals surface area contributed by atoms with E-state index < -0.39 is 5.97 Å². The Balaban J connectivity index is 2.47. The lowest BCUT2D eigenvalue weighted by Crippen LogP contribution is -2.47. The summed E-state index contributed by atoms with van der Waals surface area (Å²) in [6.45, 7) is 4.73. The second-order valence-corrected chi connectivity index (χ2v) is 5.97. The Bertz CT molecular complexity index is 349. The molecule has 0 aromatic carbocycles. The zero-order chi connectivity index (χ0) is 15.8. The van der Waals surface area contributed by atoms with Crippen LogP contribution >= 0.6 is 0 Å². The summed E-state index contributed by atoms with van der Waals surface area (Å²) in [7, 11) is 3.46. The number of carbonyl (C=O) groups is 2. The number of urea groups is 1. The van der Waals surface area contributed by atoms with Gasteiger partial charge in [-0.15, -0.1) is 0 Å². The maximum atomic E-state index is 12.4. The molecule has 0 spiro atoms. The summed E-state index contributed by atoms with van der Waals surface area (Å²) >= 11 is 0. The summed E-state index contributed by atoms with van der Waals surface area (Å²) in [6, 6.07) is 0.0401. The summed E-state index contributed by atoms with van der Waals surface area (Å²) < 4.78 is 5.00. The Kier molecular flexibility index (Phi) is 7.50. The molecule has 122 valence electrons. The van der Waals surface area contributed by atoms with E-state index in [1.807, 2.05) is 18.9 Å². The SMILES string of the molecule is COCCCN(C)C(=O)N1CCCC(C(C)CC(=O)O)C1. The van der Waals surface area contributed by atoms with Crippen molar-refractivity contribution < 1.29 is 19.4 Å². The fourth-order valence-electron chi connectivity index (χ4n) is 2.87. The van der Waals surface area contributed by atoms with Gasteiger partial charge in [-0.25, -0.2) is 4.79 Å². The smallest absolute Gasteiger partial charge is 0.319 e. The van der Waals surface area contributed by atoms with Gasteiger partial charge in [0.05, 0.1) is 0 Å². The third-order valence-electron chi connectivity index (χ3n) is 4.20. The van der Waals surface area contributed by atoms with Crippen molar-refractivity contribution in [3.05, 3.63) is 0 Å². The van der Waals surface area contributed by atoms with Crippen LogP contribution in [-0.2, 0) is 9.53 Å². The van der Waals surface area contributed by atoms with Gasteiger partial charge in [-0.05, 0) is 31.1 Å². The molecule has 1 saturated heterocycles. The van der Waals surface area contributed by atoms with Crippen LogP contribution in [-0.4, -0.2) is 67.3 Å². The number of ether oxygens (including phenoxy) is 1. The topological polar surface area (TPSA) is 70.1 Å². The molecule has 1 fully saturated rings. The number of hydrogen-bond acceptors (Lipinski definition) is 3. The van der Waals surface area contributed by atoms with Gasteiger partial charge < -0.3 is 19.6 Å². The Morgan fingerprint density at radius 3 is 2.81 bits per heavy atom. The molecule has 0 saturated carbocycles. The van der Waals surface area contributed by atoms with Gasteiger partial charge in [0.1, 0.15) is 0 Å². The zero-order valence-corrected chi connectivity index (χ0v) is 13.4. The minimum absolute atomic E-state index is 0.0401. The molecule has 2 unspecified atom stereocenters. The standard InChI is InChI=1S/C15H28N2O4/c1-12(10-14(18)19)13-6-4-8-17(11-13)15(20)16(2)7-5-9-21-3/h12-13H,4-11H2,1-3H3,(H,18,19). The Labute approximate surface area is 127 Å². The maximum absolute atomic E-state index is 12.4. The Morgan fingerprint density at radius 2 is 2.19 bits per heavy atom. The molecule has 1 heterocycles. The lowest BCUT2D eigenvalue weighted by Gasteiger charge is -2.37. The van der Waals surface area contributed by atoms with Crippen molar-refractivity contribution in [1.82, 2.24) is 9.80 Å². The van der Waals surface area contributed by atoms with Gasteiger partial charge in [0.25, 0.3) is 0 Å². The first-order chi connectivity index (χ1) is 9.95. The van der Waals surface area contributed by atoms with Crippen LogP contribution in [0, 0.1) is 11.8 Å². The van der Waals surface area contributed by atoms with E-state index in [-0.39, 0.29) is 24.3 Å². The first-order valence-electron chi connectivity index (χ1n) is 7.66. The van der Waals surface area contributed by atoms with Crippen LogP contribution in [0.25, 0.3) is 0 Å². The van der Waals surface area contributed by atoms with E-state index in [2.05, 4.69) is 0 Å². The third kappa shape index (κ3) is 5.91. The number of amides is 2. The first kappa shape index (κ1) is 17.8. The lowest BCUT2D eigenvalue weighted by molar-refractivity contribution is -0.138. The number of likely N-dealkylation sites (tertiary alicyclic amines) is 1. The maximum Gasteiger partial charge on any atom is 0.319 e. The molecule has 0 aromatic rings. The second-order valence-electron chi connectivity index (χ2n) is 5.97. The van der Waals surface area contributed by atoms with Crippen LogP contribution in [0.2, 0.25) is 0 Å². The average molecular weight is 300 g/mol. The summed E-state index contributed by atoms with van der Waals surface area (Å²) in [4.78, 5) is 26.8. The van der Waals surface area contributed by atoms with Crippen molar-refractivity contribution in [2.24, 2.45) is 11.8 Å². The zero-order valence-electron chi connectivity index (χ0n) is 13.4. The summed E-state index contributed by atoms with van der Waals surface area (Å²) in [6.07, 6.45) is 2.96. The number of rotatable bonds is 7. The van der Waals surface area contributed by atoms with Gasteiger partial charge in [-0.3, -0.25) is 4.79 Å². The molecule has 0 aromatic heterocycles. The monoisotopic (exact) mass is 300 g/mol. The van der Waals surface area contributed by atoms with E-state index in [1.165, 1.54) is 0 Å². The lowest BCUT2D eigenvalue weighted by atomic mass is 9.85. The number of aliphatic carboxylic acids is 1. The molecular weight excluding hydrogens is 272 g/mol. The fraction of sp³-hybridized carbons (Fsp3) is 0.867. The molecule has 0 radical (unpaired) electrons. The Hall–Kier alpha value is -1.30. The van der Waals surface area contributed by atoms with Crippen LogP contribution in [0.1, 0.15) is 32.6 Å². The molecule has 2 atom stereocenters. The predicted octanol–water partition coefficient (Wildman–Crippen LogP) is 1.90. The van der Waals surface area contributed by atoms with Crippen LogP contribution < -0.4 is 0 Å². The van der Waals surface area contributed by atoms with E-state index in [1.54, 1.807) is 12.0 Å². The average Bonchev–Trinajstić information content (AvgIpc) is 2.46. The third-order valence-corrected chi connectivity index (χ3v) is 4.20. The second kappa shape index (κ2) is 8.87. The van der Waals surface area contributed by atoms with E-state index in [0.29, 0.717) is 19.7 Å². The molecule has 6 heteroatoms. The number of methoxy groups -OCH3 is 1. The molecule has 2 amide bonds. The summed E-state index contributed by atoms with van der Waals surface area (Å²) in [5, 5.41) is 8.90. The number of piperidine rings is 1. The highest BCUT2D eigenvalue weighted by atomic mass is 16.5. The molecule has 1 aliphatic heterocycles. The van der Waals surface area contributed by atoms with Gasteiger partial charge in [0, 0.05) is 46.8 Å². The van der Waals surface area contributed by atoms with Crippen molar-refractivity contribution >= 4 is 12.0 Å². The molecule has 0 aliphatic carbocycles. The van der Waals surface area contributed by atoms with Gasteiger partial charge in [0.15, 0.2) is 0 Å². The Morgan fingerprint density at radius 1 is 1.48 bits per heavy atom. The van der Waals surface area contributed by atoms with Crippen molar-refractivity contribution in [3.8, 4) is 0 Å². The minimum atomic E-state index is -0.761. The highest BCUT2D eigenvalue weighted by Crippen LogP contribution is 2.26. The summed E-state index contributed by atoms with van der Waals surface area (Å²) in [5.74, 6) is -0.370. The van der Waals surface area contributed by atoms with Crippen molar-refractivity contribution in [2.75, 3.05) is 40.4 Å². The quantitative estimate of drug-likeness (QED) is 0.729. The molecule has 1 aliphatic rings. The van der Waals surface area contributed by atoms with Gasteiger partial charge in [-0.1, -0.05) is 6.92 Å². The van der Waals surface area contributed by atoms with Crippen LogP contribution in [0.3, 0.4) is 0 Å². The highest BCUT2D eigenvalue weighted by molar-refractivity contribution is 5.74. The predicted molar refractivity (Wildman–Crippen MR) is 80.2 cm³/mol. The van der Waals surface area contributed by atoms with Crippen molar-refractivity contribution in [2.45, 2.75) is 32.6 Å². The molecular formula is C15H28N2O4. The number of hydrogen-bond donors (Lipinski definition) is 1. The van der Waals surface area contributed by atoms with E-state index in [0.717, 1.165) is 25.8 Å². The normalized spacial score (nSPS) is 20.1. The number of nitrogens with zero attached hydrogens (tertiary/aromatic N) is 2. The van der Waals surface area contributed by atoms with Crippen molar-refractivity contribution in [1.29, 1.82) is 0 Å². The van der Waals surface area contributed by atoms with Crippen molar-refractivity contribution in [3.63, 3.8) is 0 Å². The van der Waals surface area contributed by atoms with Gasteiger partial charge in [-0.2, -0.15) is 0 Å². The van der Waals surface area contributed by atoms with Crippen LogP contribution in [0.15, 0.2) is 0 Å². The largest absolute Gasteiger partial charge is 0.481 e. The van der Waals surface area contributed by atoms with Crippen LogP contribution in [0.5, 0.6) is 0 Å². The number of carboxylic acids is 1. The first-order valence-corrected chi connectivity index (χ1v) is 7.66. The fourth-order valence-corrected chi connectivity index (χ4v) is 2.87. The molecule has 21 heavy (non-hydrogen) atoms. The number of carboxylic acid groups (broad SMARTS) is 1. The molecule has 1 rings (SSSR count). The highest BCUT2D eigenvalue weighted by Gasteiger charge is 2.29.